The molecule has 0 aliphatic carbocycles. The standard InChI is InChI=1S/C16H22N2O3/c1-11(2)10-20-13-6-4-12(5-7-13)15-14(8-9-19-3)21-18-16(15)17/h4-7,11H,8-10H2,1-3H3,(H2,17,18). The Bertz CT molecular complexity index is 561. The lowest BCUT2D eigenvalue weighted by molar-refractivity contribution is 0.193. The first-order valence-corrected chi connectivity index (χ1v) is 7.08. The van der Waals surface area contributed by atoms with Crippen LogP contribution in [-0.2, 0) is 11.2 Å². The predicted molar refractivity (Wildman–Crippen MR) is 82.3 cm³/mol. The van der Waals surface area contributed by atoms with Crippen molar-refractivity contribution in [1.29, 1.82) is 0 Å². The normalized spacial score (nSPS) is 11.0. The quantitative estimate of drug-likeness (QED) is 0.848. The molecule has 1 heterocycles. The van der Waals surface area contributed by atoms with E-state index in [1.165, 1.54) is 0 Å². The number of benzene rings is 1. The van der Waals surface area contributed by atoms with Crippen LogP contribution in [0, 0.1) is 5.92 Å². The van der Waals surface area contributed by atoms with Crippen molar-refractivity contribution in [2.75, 3.05) is 26.1 Å². The number of nitrogens with zero attached hydrogens (tertiary/aromatic N) is 1. The van der Waals surface area contributed by atoms with E-state index in [9.17, 15) is 0 Å². The van der Waals surface area contributed by atoms with Crippen LogP contribution in [0.3, 0.4) is 0 Å². The van der Waals surface area contributed by atoms with Gasteiger partial charge in [-0.3, -0.25) is 0 Å². The van der Waals surface area contributed by atoms with Gasteiger partial charge in [0.05, 0.1) is 18.8 Å². The molecular formula is C16H22N2O3. The minimum Gasteiger partial charge on any atom is -0.493 e. The van der Waals surface area contributed by atoms with E-state index >= 15 is 0 Å². The lowest BCUT2D eigenvalue weighted by Crippen LogP contribution is -2.04. The van der Waals surface area contributed by atoms with E-state index in [1.807, 2.05) is 24.3 Å². The molecule has 0 saturated carbocycles. The average Bonchev–Trinajstić information content (AvgIpc) is 2.84. The van der Waals surface area contributed by atoms with Crippen LogP contribution in [0.4, 0.5) is 5.82 Å². The average molecular weight is 290 g/mol. The van der Waals surface area contributed by atoms with Crippen LogP contribution in [0.2, 0.25) is 0 Å². The molecule has 114 valence electrons. The molecule has 0 fully saturated rings. The molecule has 1 aromatic heterocycles. The number of aromatic nitrogens is 1. The summed E-state index contributed by atoms with van der Waals surface area (Å²) < 4.78 is 16.0. The molecule has 5 nitrogen and oxygen atoms in total. The van der Waals surface area contributed by atoms with Crippen molar-refractivity contribution < 1.29 is 14.0 Å². The summed E-state index contributed by atoms with van der Waals surface area (Å²) in [7, 11) is 1.65. The van der Waals surface area contributed by atoms with Gasteiger partial charge in [0.2, 0.25) is 0 Å². The molecule has 21 heavy (non-hydrogen) atoms. The van der Waals surface area contributed by atoms with Gasteiger partial charge in [0.25, 0.3) is 0 Å². The second-order valence-corrected chi connectivity index (χ2v) is 5.34. The van der Waals surface area contributed by atoms with Crippen molar-refractivity contribution in [2.24, 2.45) is 5.92 Å². The van der Waals surface area contributed by atoms with Crippen molar-refractivity contribution in [1.82, 2.24) is 5.16 Å². The Morgan fingerprint density at radius 1 is 1.24 bits per heavy atom. The van der Waals surface area contributed by atoms with Crippen molar-refractivity contribution in [3.05, 3.63) is 30.0 Å². The maximum absolute atomic E-state index is 5.90. The summed E-state index contributed by atoms with van der Waals surface area (Å²) in [6, 6.07) is 7.80. The van der Waals surface area contributed by atoms with E-state index in [0.29, 0.717) is 31.4 Å². The van der Waals surface area contributed by atoms with Gasteiger partial charge in [-0.1, -0.05) is 31.1 Å². The fourth-order valence-corrected chi connectivity index (χ4v) is 1.99. The molecule has 0 amide bonds. The number of anilines is 1. The molecule has 0 atom stereocenters. The summed E-state index contributed by atoms with van der Waals surface area (Å²) in [5.41, 5.74) is 7.71. The van der Waals surface area contributed by atoms with E-state index in [1.54, 1.807) is 7.11 Å². The zero-order valence-corrected chi connectivity index (χ0v) is 12.8. The Hall–Kier alpha value is -2.01. The summed E-state index contributed by atoms with van der Waals surface area (Å²) in [4.78, 5) is 0. The summed E-state index contributed by atoms with van der Waals surface area (Å²) in [5.74, 6) is 2.49. The van der Waals surface area contributed by atoms with Gasteiger partial charge in [0.15, 0.2) is 5.82 Å². The third kappa shape index (κ3) is 3.98. The minimum absolute atomic E-state index is 0.400. The molecule has 0 radical (unpaired) electrons. The number of ether oxygens (including phenoxy) is 2. The Morgan fingerprint density at radius 3 is 2.57 bits per heavy atom. The van der Waals surface area contributed by atoms with Gasteiger partial charge >= 0.3 is 0 Å². The minimum atomic E-state index is 0.400. The fourth-order valence-electron chi connectivity index (χ4n) is 1.99. The van der Waals surface area contributed by atoms with Crippen LogP contribution in [0.1, 0.15) is 19.6 Å². The van der Waals surface area contributed by atoms with Gasteiger partial charge in [-0.25, -0.2) is 0 Å². The Kier molecular flexibility index (Phi) is 5.22. The summed E-state index contributed by atoms with van der Waals surface area (Å²) in [6.45, 7) is 5.51. The highest BCUT2D eigenvalue weighted by molar-refractivity contribution is 5.75. The lowest BCUT2D eigenvalue weighted by Gasteiger charge is -2.09. The molecule has 0 spiro atoms. The number of hydrogen-bond acceptors (Lipinski definition) is 5. The van der Waals surface area contributed by atoms with E-state index in [4.69, 9.17) is 19.7 Å². The monoisotopic (exact) mass is 290 g/mol. The molecule has 2 rings (SSSR count). The van der Waals surface area contributed by atoms with Crippen molar-refractivity contribution in [2.45, 2.75) is 20.3 Å². The second-order valence-electron chi connectivity index (χ2n) is 5.34. The van der Waals surface area contributed by atoms with Gasteiger partial charge in [-0.05, 0) is 23.6 Å². The van der Waals surface area contributed by atoms with E-state index < -0.39 is 0 Å². The van der Waals surface area contributed by atoms with E-state index in [-0.39, 0.29) is 0 Å². The number of nitrogen functional groups attached to an aromatic ring is 1. The van der Waals surface area contributed by atoms with Crippen LogP contribution in [-0.4, -0.2) is 25.5 Å². The first-order valence-electron chi connectivity index (χ1n) is 7.08. The molecule has 2 N–H and O–H groups in total. The SMILES string of the molecule is COCCc1onc(N)c1-c1ccc(OCC(C)C)cc1. The number of rotatable bonds is 7. The van der Waals surface area contributed by atoms with Gasteiger partial charge < -0.3 is 19.7 Å². The van der Waals surface area contributed by atoms with Crippen LogP contribution < -0.4 is 10.5 Å². The summed E-state index contributed by atoms with van der Waals surface area (Å²) in [5, 5.41) is 3.84. The van der Waals surface area contributed by atoms with Gasteiger partial charge in [-0.15, -0.1) is 0 Å². The summed E-state index contributed by atoms with van der Waals surface area (Å²) >= 11 is 0. The molecule has 2 aromatic rings. The van der Waals surface area contributed by atoms with Crippen molar-refractivity contribution in [3.63, 3.8) is 0 Å². The predicted octanol–water partition coefficient (Wildman–Crippen LogP) is 3.15. The molecule has 0 aliphatic heterocycles. The molecule has 0 saturated heterocycles. The molecule has 0 aliphatic rings. The molecule has 0 unspecified atom stereocenters. The molecular weight excluding hydrogens is 268 g/mol. The topological polar surface area (TPSA) is 70.5 Å². The Labute approximate surface area is 125 Å². The van der Waals surface area contributed by atoms with E-state index in [0.717, 1.165) is 22.6 Å². The highest BCUT2D eigenvalue weighted by Gasteiger charge is 2.15. The van der Waals surface area contributed by atoms with Crippen molar-refractivity contribution in [3.8, 4) is 16.9 Å². The van der Waals surface area contributed by atoms with Crippen LogP contribution in [0.5, 0.6) is 5.75 Å². The maximum atomic E-state index is 5.90. The maximum Gasteiger partial charge on any atom is 0.175 e. The molecule has 0 bridgehead atoms. The number of nitrogens with two attached hydrogens (primary N) is 1. The van der Waals surface area contributed by atoms with Crippen LogP contribution >= 0.6 is 0 Å². The van der Waals surface area contributed by atoms with Crippen molar-refractivity contribution >= 4 is 5.82 Å². The highest BCUT2D eigenvalue weighted by Crippen LogP contribution is 2.31. The fraction of sp³-hybridized carbons (Fsp3) is 0.438. The van der Waals surface area contributed by atoms with E-state index in [2.05, 4.69) is 19.0 Å². The molecule has 1 aromatic carbocycles. The van der Waals surface area contributed by atoms with Gasteiger partial charge in [0.1, 0.15) is 11.5 Å². The number of methoxy groups -OCH3 is 1. The third-order valence-electron chi connectivity index (χ3n) is 3.05. The zero-order valence-electron chi connectivity index (χ0n) is 12.8. The number of hydrogen-bond donors (Lipinski definition) is 1. The third-order valence-corrected chi connectivity index (χ3v) is 3.05. The largest absolute Gasteiger partial charge is 0.493 e. The smallest absolute Gasteiger partial charge is 0.175 e. The molecule has 5 heteroatoms. The van der Waals surface area contributed by atoms with Crippen LogP contribution in [0.25, 0.3) is 11.1 Å². The second kappa shape index (κ2) is 7.13. The van der Waals surface area contributed by atoms with Gasteiger partial charge in [0, 0.05) is 13.5 Å². The van der Waals surface area contributed by atoms with Gasteiger partial charge in [-0.2, -0.15) is 0 Å². The Balaban J connectivity index is 2.16. The lowest BCUT2D eigenvalue weighted by atomic mass is 10.0. The van der Waals surface area contributed by atoms with Crippen LogP contribution in [0.15, 0.2) is 28.8 Å². The first kappa shape index (κ1) is 15.4. The Morgan fingerprint density at radius 2 is 1.95 bits per heavy atom. The highest BCUT2D eigenvalue weighted by atomic mass is 16.5. The first-order chi connectivity index (χ1) is 10.1. The zero-order chi connectivity index (χ0) is 15.2. The summed E-state index contributed by atoms with van der Waals surface area (Å²) in [6.07, 6.45) is 0.641.